The van der Waals surface area contributed by atoms with Crippen LogP contribution >= 0.6 is 0 Å². The molecular formula is C35H31F2N7O3. The maximum absolute atomic E-state index is 14.3. The van der Waals surface area contributed by atoms with Crippen LogP contribution in [-0.2, 0) is 0 Å². The van der Waals surface area contributed by atoms with E-state index in [1.807, 2.05) is 66.0 Å². The van der Waals surface area contributed by atoms with Crippen LogP contribution in [0.4, 0.5) is 26.1 Å². The Morgan fingerprint density at radius 2 is 1.77 bits per heavy atom. The van der Waals surface area contributed by atoms with Crippen molar-refractivity contribution in [3.05, 3.63) is 115 Å². The summed E-state index contributed by atoms with van der Waals surface area (Å²) in [5.74, 6) is -1.11. The van der Waals surface area contributed by atoms with Gasteiger partial charge in [0, 0.05) is 47.9 Å². The zero-order valence-electron chi connectivity index (χ0n) is 25.9. The Kier molecular flexibility index (Phi) is 9.02. The summed E-state index contributed by atoms with van der Waals surface area (Å²) in [6.07, 6.45) is 3.47. The summed E-state index contributed by atoms with van der Waals surface area (Å²) < 4.78 is 41.2. The Hall–Kier alpha value is -5.88. The molecule has 0 saturated carbocycles. The van der Waals surface area contributed by atoms with E-state index in [0.29, 0.717) is 46.6 Å². The summed E-state index contributed by atoms with van der Waals surface area (Å²) in [4.78, 5) is 29.3. The minimum absolute atomic E-state index is 0.226. The molecular weight excluding hydrogens is 604 g/mol. The molecule has 0 bridgehead atoms. The number of methoxy groups -OCH3 is 1. The number of halogens is 2. The molecule has 10 nitrogen and oxygen atoms in total. The number of hydrogen-bond donors (Lipinski definition) is 2. The predicted molar refractivity (Wildman–Crippen MR) is 176 cm³/mol. The average Bonchev–Trinajstić information content (AvgIpc) is 3.46. The van der Waals surface area contributed by atoms with Crippen LogP contribution in [0.5, 0.6) is 11.5 Å². The molecule has 0 atom stereocenters. The molecule has 0 spiro atoms. The second-order valence-corrected chi connectivity index (χ2v) is 10.8. The maximum atomic E-state index is 14.3. The third-order valence-electron chi connectivity index (χ3n) is 7.23. The molecule has 3 aromatic carbocycles. The quantitative estimate of drug-likeness (QED) is 0.162. The van der Waals surface area contributed by atoms with E-state index in [9.17, 15) is 13.6 Å². The van der Waals surface area contributed by atoms with Gasteiger partial charge in [0.15, 0.2) is 11.6 Å². The Bertz CT molecular complexity index is 2070. The van der Waals surface area contributed by atoms with Gasteiger partial charge in [-0.15, -0.1) is 0 Å². The highest BCUT2D eigenvalue weighted by molar-refractivity contribution is 6.05. The van der Waals surface area contributed by atoms with Gasteiger partial charge in [0.2, 0.25) is 5.95 Å². The first-order valence-electron chi connectivity index (χ1n) is 14.7. The lowest BCUT2D eigenvalue weighted by molar-refractivity contribution is 0.102. The number of hydrogen-bond acceptors (Lipinski definition) is 8. The minimum atomic E-state index is -1.13. The van der Waals surface area contributed by atoms with Crippen LogP contribution in [-0.4, -0.2) is 64.5 Å². The first-order chi connectivity index (χ1) is 22.8. The van der Waals surface area contributed by atoms with Crippen molar-refractivity contribution in [2.24, 2.45) is 0 Å². The van der Waals surface area contributed by atoms with Crippen molar-refractivity contribution in [1.29, 1.82) is 0 Å². The molecule has 1 amide bonds. The van der Waals surface area contributed by atoms with Crippen LogP contribution in [0.25, 0.3) is 28.3 Å². The van der Waals surface area contributed by atoms with E-state index in [4.69, 9.17) is 19.4 Å². The molecule has 0 aliphatic rings. The van der Waals surface area contributed by atoms with Gasteiger partial charge in [-0.1, -0.05) is 24.3 Å². The Balaban J connectivity index is 1.35. The summed E-state index contributed by atoms with van der Waals surface area (Å²) in [5.41, 5.74) is 3.64. The first kappa shape index (κ1) is 31.1. The molecule has 0 saturated heterocycles. The topological polar surface area (TPSA) is 106 Å². The van der Waals surface area contributed by atoms with E-state index in [1.165, 1.54) is 12.1 Å². The van der Waals surface area contributed by atoms with E-state index in [-0.39, 0.29) is 11.3 Å². The maximum Gasteiger partial charge on any atom is 0.255 e. The molecule has 0 aliphatic carbocycles. The number of rotatable bonds is 11. The van der Waals surface area contributed by atoms with E-state index < -0.39 is 17.5 Å². The number of amides is 1. The van der Waals surface area contributed by atoms with Crippen LogP contribution < -0.4 is 20.1 Å². The van der Waals surface area contributed by atoms with Gasteiger partial charge in [-0.2, -0.15) is 0 Å². The summed E-state index contributed by atoms with van der Waals surface area (Å²) in [6.45, 7) is 1.34. The molecule has 2 N–H and O–H groups in total. The van der Waals surface area contributed by atoms with Crippen molar-refractivity contribution >= 4 is 28.9 Å². The summed E-state index contributed by atoms with van der Waals surface area (Å²) in [7, 11) is 5.55. The fourth-order valence-electron chi connectivity index (χ4n) is 4.89. The lowest BCUT2D eigenvalue weighted by atomic mass is 10.0. The molecule has 0 fully saturated rings. The van der Waals surface area contributed by atoms with E-state index >= 15 is 0 Å². The molecule has 0 radical (unpaired) electrons. The average molecular weight is 636 g/mol. The standard InChI is InChI=1S/C35H31F2N7O3/c1-43(2)17-18-47-26-10-5-9-24(20-26)39-35-38-15-13-29(41-35)33-32(42-30-21-25(46-3)14-16-44(30)33)22-7-4-8-23(19-22)34(45)40-28-12-6-11-27(36)31(28)37/h4-16,19-21H,17-18H2,1-3H3,(H,40,45)(H,38,39,41). The van der Waals surface area contributed by atoms with Gasteiger partial charge < -0.3 is 25.0 Å². The minimum Gasteiger partial charge on any atom is -0.497 e. The fraction of sp³-hybridized carbons (Fsp3) is 0.143. The SMILES string of the molecule is COc1ccn2c(-c3ccnc(Nc4cccc(OCCN(C)C)c4)n3)c(-c3cccc(C(=O)Nc4cccc(F)c4F)c3)nc2c1. The number of nitrogens with one attached hydrogen (secondary N) is 2. The van der Waals surface area contributed by atoms with Crippen molar-refractivity contribution in [3.63, 3.8) is 0 Å². The smallest absolute Gasteiger partial charge is 0.255 e. The molecule has 0 aliphatic heterocycles. The zero-order valence-corrected chi connectivity index (χ0v) is 25.9. The summed E-state index contributed by atoms with van der Waals surface area (Å²) in [6, 6.07) is 23.2. The summed E-state index contributed by atoms with van der Waals surface area (Å²) >= 11 is 0. The number of nitrogens with zero attached hydrogens (tertiary/aromatic N) is 5. The highest BCUT2D eigenvalue weighted by Crippen LogP contribution is 2.34. The number of anilines is 3. The molecule has 6 aromatic rings. The molecule has 0 unspecified atom stereocenters. The van der Waals surface area contributed by atoms with Gasteiger partial charge in [0.25, 0.3) is 5.91 Å². The Morgan fingerprint density at radius 3 is 2.60 bits per heavy atom. The van der Waals surface area contributed by atoms with Gasteiger partial charge in [0.1, 0.15) is 23.8 Å². The largest absolute Gasteiger partial charge is 0.497 e. The molecule has 238 valence electrons. The highest BCUT2D eigenvalue weighted by atomic mass is 19.2. The van der Waals surface area contributed by atoms with Crippen molar-refractivity contribution in [1.82, 2.24) is 24.3 Å². The van der Waals surface area contributed by atoms with Crippen molar-refractivity contribution in [3.8, 4) is 34.1 Å². The van der Waals surface area contributed by atoms with Crippen LogP contribution in [0.15, 0.2) is 97.3 Å². The number of ether oxygens (including phenoxy) is 2. The molecule has 12 heteroatoms. The van der Waals surface area contributed by atoms with Crippen molar-refractivity contribution in [2.45, 2.75) is 0 Å². The van der Waals surface area contributed by atoms with Crippen LogP contribution in [0.1, 0.15) is 10.4 Å². The lowest BCUT2D eigenvalue weighted by Crippen LogP contribution is -2.19. The normalized spacial score (nSPS) is 11.1. The third kappa shape index (κ3) is 7.02. The Labute approximate surface area is 269 Å². The van der Waals surface area contributed by atoms with Gasteiger partial charge in [-0.25, -0.2) is 23.7 Å². The van der Waals surface area contributed by atoms with Crippen molar-refractivity contribution in [2.75, 3.05) is 45.0 Å². The van der Waals surface area contributed by atoms with Crippen LogP contribution in [0.3, 0.4) is 0 Å². The third-order valence-corrected chi connectivity index (χ3v) is 7.23. The lowest BCUT2D eigenvalue weighted by Gasteiger charge is -2.12. The number of likely N-dealkylation sites (N-methyl/N-ethyl adjacent to an activating group) is 1. The number of carbonyl (C=O) groups excluding carboxylic acids is 1. The molecule has 3 heterocycles. The fourth-order valence-corrected chi connectivity index (χ4v) is 4.89. The van der Waals surface area contributed by atoms with Gasteiger partial charge in [-0.3, -0.25) is 9.20 Å². The van der Waals surface area contributed by atoms with Gasteiger partial charge in [0.05, 0.1) is 29.9 Å². The number of pyridine rings is 1. The zero-order chi connectivity index (χ0) is 32.9. The van der Waals surface area contributed by atoms with Crippen molar-refractivity contribution < 1.29 is 23.0 Å². The summed E-state index contributed by atoms with van der Waals surface area (Å²) in [5, 5.41) is 5.70. The number of aromatic nitrogens is 4. The Morgan fingerprint density at radius 1 is 0.936 bits per heavy atom. The number of fused-ring (bicyclic) bond motifs is 1. The number of imidazole rings is 1. The van der Waals surface area contributed by atoms with E-state index in [1.54, 1.807) is 43.6 Å². The highest BCUT2D eigenvalue weighted by Gasteiger charge is 2.20. The first-order valence-corrected chi connectivity index (χ1v) is 14.7. The number of carbonyl (C=O) groups is 1. The van der Waals surface area contributed by atoms with E-state index in [2.05, 4.69) is 15.6 Å². The van der Waals surface area contributed by atoms with E-state index in [0.717, 1.165) is 24.0 Å². The monoisotopic (exact) mass is 635 g/mol. The molecule has 3 aromatic heterocycles. The predicted octanol–water partition coefficient (Wildman–Crippen LogP) is 6.68. The second kappa shape index (κ2) is 13.6. The number of benzene rings is 3. The van der Waals surface area contributed by atoms with Gasteiger partial charge in [-0.05, 0) is 62.6 Å². The van der Waals surface area contributed by atoms with Crippen LogP contribution in [0, 0.1) is 11.6 Å². The van der Waals surface area contributed by atoms with Gasteiger partial charge >= 0.3 is 0 Å². The van der Waals surface area contributed by atoms with Crippen LogP contribution in [0.2, 0.25) is 0 Å². The second-order valence-electron chi connectivity index (χ2n) is 10.8. The molecule has 47 heavy (non-hydrogen) atoms. The molecule has 6 rings (SSSR count).